The molecule has 0 spiro atoms. The molecule has 0 aliphatic rings. The molecule has 160 valence electrons. The van der Waals surface area contributed by atoms with Gasteiger partial charge in [-0.15, -0.1) is 0 Å². The number of hydrogen-bond acceptors (Lipinski definition) is 6. The van der Waals surface area contributed by atoms with Crippen LogP contribution in [-0.4, -0.2) is 30.0 Å². The first-order chi connectivity index (χ1) is 15.4. The average Bonchev–Trinajstić information content (AvgIpc) is 3.23. The lowest BCUT2D eigenvalue weighted by atomic mass is 10.1. The minimum atomic E-state index is -0.338. The summed E-state index contributed by atoms with van der Waals surface area (Å²) in [6.07, 6.45) is 1.63. The van der Waals surface area contributed by atoms with Crippen LogP contribution in [0.15, 0.2) is 71.8 Å². The maximum atomic E-state index is 13.4. The number of hydrogen-bond donors (Lipinski definition) is 0. The van der Waals surface area contributed by atoms with E-state index in [9.17, 15) is 9.59 Å². The van der Waals surface area contributed by atoms with Crippen LogP contribution < -0.4 is 9.75 Å². The third-order valence-electron chi connectivity index (χ3n) is 4.90. The number of amides is 1. The van der Waals surface area contributed by atoms with Crippen LogP contribution in [0.3, 0.4) is 0 Å². The lowest BCUT2D eigenvalue weighted by Crippen LogP contribution is -2.25. The first-order valence-corrected chi connectivity index (χ1v) is 10.8. The maximum Gasteiger partial charge on any atom is 0.280 e. The summed E-state index contributed by atoms with van der Waals surface area (Å²) in [5.41, 5.74) is 3.71. The van der Waals surface area contributed by atoms with Crippen LogP contribution >= 0.6 is 11.3 Å². The molecule has 3 aromatic carbocycles. The Labute approximate surface area is 189 Å². The fourth-order valence-corrected chi connectivity index (χ4v) is 4.00. The van der Waals surface area contributed by atoms with Gasteiger partial charge in [0, 0.05) is 11.1 Å². The number of ether oxygens (including phenoxy) is 1. The van der Waals surface area contributed by atoms with Gasteiger partial charge in [0.25, 0.3) is 5.91 Å². The molecule has 0 fully saturated rings. The molecule has 0 aliphatic heterocycles. The van der Waals surface area contributed by atoms with Gasteiger partial charge in [0.05, 0.1) is 23.5 Å². The van der Waals surface area contributed by atoms with Crippen LogP contribution in [0.25, 0.3) is 10.2 Å². The predicted molar refractivity (Wildman–Crippen MR) is 128 cm³/mol. The number of fused-ring (bicyclic) bond motifs is 1. The zero-order valence-corrected chi connectivity index (χ0v) is 18.7. The van der Waals surface area contributed by atoms with Gasteiger partial charge in [0.15, 0.2) is 5.78 Å². The van der Waals surface area contributed by atoms with Crippen molar-refractivity contribution >= 4 is 44.6 Å². The lowest BCUT2D eigenvalue weighted by Gasteiger charge is -2.14. The highest BCUT2D eigenvalue weighted by Gasteiger charge is 2.21. The number of methoxy groups -OCH3 is 1. The van der Waals surface area contributed by atoms with E-state index in [2.05, 4.69) is 10.1 Å². The molecule has 0 saturated heterocycles. The molecular weight excluding hydrogens is 422 g/mol. The number of ketones is 1. The standard InChI is InChI=1S/C25H21N3O3S/c1-16-4-6-18(7-5-16)15-26-28(24(30)20-10-8-19(9-11-20)17(2)29)25-27-22-13-12-21(31-3)14-23(22)32-25/h4-15H,1-3H3/b26-15+. The highest BCUT2D eigenvalue weighted by Crippen LogP contribution is 2.32. The number of rotatable bonds is 6. The Hall–Kier alpha value is -3.84. The van der Waals surface area contributed by atoms with Crippen LogP contribution in [-0.2, 0) is 0 Å². The molecule has 0 aliphatic carbocycles. The van der Waals surface area contributed by atoms with Gasteiger partial charge in [-0.3, -0.25) is 9.59 Å². The van der Waals surface area contributed by atoms with Crippen molar-refractivity contribution in [3.05, 3.63) is 89.0 Å². The number of benzene rings is 3. The normalized spacial score (nSPS) is 11.1. The minimum Gasteiger partial charge on any atom is -0.497 e. The second-order valence-electron chi connectivity index (χ2n) is 7.24. The van der Waals surface area contributed by atoms with Gasteiger partial charge in [-0.2, -0.15) is 10.1 Å². The summed E-state index contributed by atoms with van der Waals surface area (Å²) in [5.74, 6) is 0.321. The Kier molecular flexibility index (Phi) is 6.09. The van der Waals surface area contributed by atoms with Crippen molar-refractivity contribution < 1.29 is 14.3 Å². The van der Waals surface area contributed by atoms with Crippen LogP contribution in [0.2, 0.25) is 0 Å². The number of carbonyl (C=O) groups excluding carboxylic acids is 2. The molecule has 32 heavy (non-hydrogen) atoms. The van der Waals surface area contributed by atoms with Gasteiger partial charge in [-0.05, 0) is 49.7 Å². The topological polar surface area (TPSA) is 71.9 Å². The zero-order chi connectivity index (χ0) is 22.7. The summed E-state index contributed by atoms with van der Waals surface area (Å²) < 4.78 is 6.18. The number of aromatic nitrogens is 1. The SMILES string of the molecule is COc1ccc2nc(N(/N=C/c3ccc(C)cc3)C(=O)c3ccc(C(C)=O)cc3)sc2c1. The Balaban J connectivity index is 1.74. The molecule has 6 nitrogen and oxygen atoms in total. The van der Waals surface area contributed by atoms with Crippen molar-refractivity contribution in [1.29, 1.82) is 0 Å². The molecule has 0 N–H and O–H groups in total. The Morgan fingerprint density at radius 1 is 1.00 bits per heavy atom. The van der Waals surface area contributed by atoms with E-state index in [1.807, 2.05) is 49.4 Å². The molecule has 0 bridgehead atoms. The van der Waals surface area contributed by atoms with E-state index >= 15 is 0 Å². The first kappa shape index (κ1) is 21.4. The Morgan fingerprint density at radius 2 is 1.69 bits per heavy atom. The van der Waals surface area contributed by atoms with Gasteiger partial charge in [0.1, 0.15) is 5.75 Å². The summed E-state index contributed by atoms with van der Waals surface area (Å²) >= 11 is 1.35. The Bertz CT molecular complexity index is 1310. The van der Waals surface area contributed by atoms with E-state index in [1.165, 1.54) is 23.3 Å². The first-order valence-electron chi connectivity index (χ1n) is 9.95. The number of aryl methyl sites for hydroxylation is 1. The van der Waals surface area contributed by atoms with Gasteiger partial charge >= 0.3 is 0 Å². The number of carbonyl (C=O) groups is 2. The van der Waals surface area contributed by atoms with E-state index in [0.29, 0.717) is 22.0 Å². The molecule has 1 heterocycles. The van der Waals surface area contributed by atoms with Gasteiger partial charge in [0.2, 0.25) is 5.13 Å². The third-order valence-corrected chi connectivity index (χ3v) is 5.89. The smallest absolute Gasteiger partial charge is 0.280 e. The Morgan fingerprint density at radius 3 is 2.34 bits per heavy atom. The van der Waals surface area contributed by atoms with Crippen molar-refractivity contribution in [2.24, 2.45) is 5.10 Å². The van der Waals surface area contributed by atoms with Gasteiger partial charge < -0.3 is 4.74 Å². The summed E-state index contributed by atoms with van der Waals surface area (Å²) in [5, 5.41) is 6.21. The molecule has 7 heteroatoms. The third kappa shape index (κ3) is 4.58. The highest BCUT2D eigenvalue weighted by molar-refractivity contribution is 7.22. The lowest BCUT2D eigenvalue weighted by molar-refractivity contribution is 0.0983. The largest absolute Gasteiger partial charge is 0.497 e. The molecule has 4 rings (SSSR count). The molecule has 0 atom stereocenters. The molecule has 4 aromatic rings. The van der Waals surface area contributed by atoms with Crippen molar-refractivity contribution in [3.63, 3.8) is 0 Å². The highest BCUT2D eigenvalue weighted by atomic mass is 32.1. The van der Waals surface area contributed by atoms with Gasteiger partial charge in [-0.1, -0.05) is 53.3 Å². The zero-order valence-electron chi connectivity index (χ0n) is 17.9. The summed E-state index contributed by atoms with van der Waals surface area (Å²) in [6.45, 7) is 3.50. The molecule has 0 unspecified atom stereocenters. The van der Waals surface area contributed by atoms with Gasteiger partial charge in [-0.25, -0.2) is 4.98 Å². The predicted octanol–water partition coefficient (Wildman–Crippen LogP) is 5.50. The van der Waals surface area contributed by atoms with Crippen molar-refractivity contribution in [2.45, 2.75) is 13.8 Å². The second kappa shape index (κ2) is 9.11. The summed E-state index contributed by atoms with van der Waals surface area (Å²) in [4.78, 5) is 29.6. The summed E-state index contributed by atoms with van der Waals surface area (Å²) in [7, 11) is 1.61. The molecule has 1 aromatic heterocycles. The van der Waals surface area contributed by atoms with Crippen LogP contribution in [0.4, 0.5) is 5.13 Å². The van der Waals surface area contributed by atoms with E-state index in [0.717, 1.165) is 21.3 Å². The molecule has 0 saturated carbocycles. The van der Waals surface area contributed by atoms with Crippen LogP contribution in [0.1, 0.15) is 38.8 Å². The monoisotopic (exact) mass is 443 g/mol. The average molecular weight is 444 g/mol. The number of anilines is 1. The maximum absolute atomic E-state index is 13.4. The van der Waals surface area contributed by atoms with Crippen LogP contribution in [0.5, 0.6) is 5.75 Å². The molecular formula is C25H21N3O3S. The molecule has 0 radical (unpaired) electrons. The second-order valence-corrected chi connectivity index (χ2v) is 8.24. The van der Waals surface area contributed by atoms with Crippen LogP contribution in [0, 0.1) is 6.92 Å². The fourth-order valence-electron chi connectivity index (χ4n) is 3.05. The quantitative estimate of drug-likeness (QED) is 0.224. The number of nitrogens with zero attached hydrogens (tertiary/aromatic N) is 3. The van der Waals surface area contributed by atoms with Crippen molar-refractivity contribution in [2.75, 3.05) is 12.1 Å². The number of Topliss-reactive ketones (excluding diaryl/α,β-unsaturated/α-hetero) is 1. The number of thiazole rings is 1. The fraction of sp³-hybridized carbons (Fsp3) is 0.120. The van der Waals surface area contributed by atoms with E-state index in [-0.39, 0.29) is 11.7 Å². The van der Waals surface area contributed by atoms with Crippen molar-refractivity contribution in [1.82, 2.24) is 4.98 Å². The van der Waals surface area contributed by atoms with E-state index < -0.39 is 0 Å². The molecule has 1 amide bonds. The minimum absolute atomic E-state index is 0.0571. The van der Waals surface area contributed by atoms with E-state index in [1.54, 1.807) is 37.6 Å². The summed E-state index contributed by atoms with van der Waals surface area (Å²) in [6, 6.07) is 19.9. The number of hydrazone groups is 1. The van der Waals surface area contributed by atoms with Crippen molar-refractivity contribution in [3.8, 4) is 5.75 Å². The van der Waals surface area contributed by atoms with E-state index in [4.69, 9.17) is 4.74 Å².